The third-order valence-electron chi connectivity index (χ3n) is 15.1. The second-order valence-corrected chi connectivity index (χ2v) is 24.8. The lowest BCUT2D eigenvalue weighted by Crippen LogP contribution is -2.40. The lowest BCUT2D eigenvalue weighted by molar-refractivity contribution is -0.870. The van der Waals surface area contributed by atoms with E-state index in [4.69, 9.17) is 18.9 Å². The van der Waals surface area contributed by atoms with Crippen molar-refractivity contribution in [3.63, 3.8) is 0 Å². The first kappa shape index (κ1) is 84.2. The molecule has 0 spiro atoms. The van der Waals surface area contributed by atoms with Crippen molar-refractivity contribution in [1.82, 2.24) is 0 Å². The zero-order valence-corrected chi connectivity index (χ0v) is 57.8. The number of carboxylic acids is 1. The summed E-state index contributed by atoms with van der Waals surface area (Å²) in [6, 6.07) is 0. The van der Waals surface area contributed by atoms with Crippen LogP contribution >= 0.6 is 0 Å². The number of hydrogen-bond donors (Lipinski definition) is 1. The van der Waals surface area contributed by atoms with Crippen LogP contribution in [0, 0.1) is 0 Å². The van der Waals surface area contributed by atoms with Crippen LogP contribution in [-0.2, 0) is 33.3 Å². The molecule has 0 aromatic rings. The molecule has 0 bridgehead atoms. The minimum atomic E-state index is -1.52. The molecule has 0 saturated heterocycles. The van der Waals surface area contributed by atoms with Gasteiger partial charge in [-0.25, -0.2) is 4.79 Å². The molecule has 0 heterocycles. The normalized spacial score (nSPS) is 13.6. The first-order valence-electron chi connectivity index (χ1n) is 36.0. The van der Waals surface area contributed by atoms with Crippen LogP contribution in [0.3, 0.4) is 0 Å². The van der Waals surface area contributed by atoms with Gasteiger partial charge in [-0.1, -0.05) is 295 Å². The van der Waals surface area contributed by atoms with Crippen LogP contribution in [-0.4, -0.2) is 87.4 Å². The van der Waals surface area contributed by atoms with Crippen LogP contribution in [0.1, 0.15) is 284 Å². The number of unbranched alkanes of at least 4 members (excludes halogenated alkanes) is 26. The van der Waals surface area contributed by atoms with Gasteiger partial charge in [-0.15, -0.1) is 0 Å². The third kappa shape index (κ3) is 70.5. The average Bonchev–Trinajstić information content (AvgIpc) is 3.64. The Morgan fingerprint density at radius 1 is 0.348 bits per heavy atom. The molecule has 1 N–H and O–H groups in total. The summed E-state index contributed by atoms with van der Waals surface area (Å²) < 4.78 is 23.0. The summed E-state index contributed by atoms with van der Waals surface area (Å²) in [4.78, 5) is 37.6. The number of likely N-dealkylation sites (N-methyl/N-ethyl adjacent to an activating group) is 1. The summed E-state index contributed by atoms with van der Waals surface area (Å²) in [5, 5.41) is 9.75. The van der Waals surface area contributed by atoms with Crippen LogP contribution in [0.15, 0.2) is 146 Å². The highest BCUT2D eigenvalue weighted by atomic mass is 16.7. The topological polar surface area (TPSA) is 108 Å². The van der Waals surface area contributed by atoms with Crippen molar-refractivity contribution in [2.75, 3.05) is 47.5 Å². The highest BCUT2D eigenvalue weighted by Crippen LogP contribution is 2.16. The molecule has 0 rings (SSSR count). The van der Waals surface area contributed by atoms with Gasteiger partial charge in [0.05, 0.1) is 34.4 Å². The molecule has 0 radical (unpaired) electrons. The van der Waals surface area contributed by atoms with E-state index in [2.05, 4.69) is 160 Å². The number of quaternary nitrogens is 1. The monoisotopic (exact) mass is 1240 g/mol. The zero-order valence-electron chi connectivity index (χ0n) is 57.8. The maximum atomic E-state index is 13.0. The Kier molecular flexibility index (Phi) is 65.3. The third-order valence-corrected chi connectivity index (χ3v) is 15.1. The molecule has 2 atom stereocenters. The van der Waals surface area contributed by atoms with Gasteiger partial charge in [0.1, 0.15) is 13.2 Å². The Morgan fingerprint density at radius 3 is 0.955 bits per heavy atom. The Balaban J connectivity index is 4.15. The number of esters is 2. The minimum absolute atomic E-state index is 0.181. The second kappa shape index (κ2) is 69.1. The summed E-state index contributed by atoms with van der Waals surface area (Å²) in [7, 11) is 5.97. The fourth-order valence-electron chi connectivity index (χ4n) is 9.60. The van der Waals surface area contributed by atoms with Crippen LogP contribution < -0.4 is 0 Å². The summed E-state index contributed by atoms with van der Waals surface area (Å²) in [5.74, 6) is -2.02. The van der Waals surface area contributed by atoms with E-state index in [0.717, 1.165) is 116 Å². The number of nitrogens with zero attached hydrogens (tertiary/aromatic N) is 1. The number of ether oxygens (including phenoxy) is 4. The molecular weight excluding hydrogens is 1100 g/mol. The van der Waals surface area contributed by atoms with Gasteiger partial charge in [-0.05, 0) is 122 Å². The van der Waals surface area contributed by atoms with E-state index in [1.165, 1.54) is 135 Å². The van der Waals surface area contributed by atoms with Gasteiger partial charge < -0.3 is 28.5 Å². The predicted octanol–water partition coefficient (Wildman–Crippen LogP) is 22.7. The molecule has 0 saturated carbocycles. The summed E-state index contributed by atoms with van der Waals surface area (Å²) in [6.45, 7) is 4.75. The number of carbonyl (C=O) groups is 3. The maximum Gasteiger partial charge on any atom is 0.361 e. The van der Waals surface area contributed by atoms with E-state index in [9.17, 15) is 19.5 Å². The van der Waals surface area contributed by atoms with E-state index in [1.54, 1.807) is 0 Å². The zero-order chi connectivity index (χ0) is 64.7. The fraction of sp³-hybridized carbons (Fsp3) is 0.662. The molecule has 0 aliphatic heterocycles. The fourth-order valence-corrected chi connectivity index (χ4v) is 9.60. The summed E-state index contributed by atoms with van der Waals surface area (Å²) >= 11 is 0. The highest BCUT2D eigenvalue weighted by Gasteiger charge is 2.25. The number of carbonyl (C=O) groups excluding carboxylic acids is 2. The smallest absolute Gasteiger partial charge is 0.361 e. The first-order chi connectivity index (χ1) is 43.6. The van der Waals surface area contributed by atoms with Crippen LogP contribution in [0.25, 0.3) is 0 Å². The Bertz CT molecular complexity index is 1970. The molecular formula is C80H134NO8+. The molecule has 506 valence electrons. The Labute approximate surface area is 547 Å². The van der Waals surface area contributed by atoms with Crippen LogP contribution in [0.2, 0.25) is 0 Å². The summed E-state index contributed by atoms with van der Waals surface area (Å²) in [6.07, 6.45) is 98.1. The van der Waals surface area contributed by atoms with Gasteiger partial charge in [-0.3, -0.25) is 9.59 Å². The molecule has 2 unspecified atom stereocenters. The molecule has 0 aromatic carbocycles. The Hall–Kier alpha value is -4.83. The number of aliphatic carboxylic acids is 1. The van der Waals surface area contributed by atoms with E-state index in [0.29, 0.717) is 23.9 Å². The maximum absolute atomic E-state index is 13.0. The largest absolute Gasteiger partial charge is 0.477 e. The molecule has 0 amide bonds. The predicted molar refractivity (Wildman–Crippen MR) is 382 cm³/mol. The standard InChI is InChI=1S/C80H133NO8/c1-6-8-10-12-14-16-18-20-22-24-26-28-30-31-32-33-34-35-36-37-38-39-40-41-42-43-44-45-46-47-49-51-53-55-57-59-61-63-65-67-69-71-78(83)89-76(75-88-80(79(84)85)86-73-72-81(3,4)5)74-87-77(82)70-68-66-64-62-60-58-56-54-52-50-48-29-27-25-23-21-19-17-15-13-11-9-7-2/h8,10,14,16,19-22,25-28,31-32,34-35,37-38,40-41,43-44,46-47,76,80H,6-7,9,11-13,15,17-18,23-24,29-30,33,36,39,42,45,48-75H2,1-5H3/p+1/b10-8-,16-14-,21-19-,22-20-,27-25-,28-26-,32-31-,35-34-,38-37-,41-40-,44-43-,47-46-. The number of allylic oxidation sites excluding steroid dienone is 24. The molecule has 9 heteroatoms. The van der Waals surface area contributed by atoms with E-state index >= 15 is 0 Å². The number of hydrogen-bond acceptors (Lipinski definition) is 7. The molecule has 0 aliphatic rings. The van der Waals surface area contributed by atoms with Crippen molar-refractivity contribution < 1.29 is 42.9 Å². The van der Waals surface area contributed by atoms with Gasteiger partial charge in [0, 0.05) is 12.8 Å². The quantitative estimate of drug-likeness (QED) is 0.0211. The Morgan fingerprint density at radius 2 is 0.640 bits per heavy atom. The van der Waals surface area contributed by atoms with Crippen molar-refractivity contribution >= 4 is 17.9 Å². The second-order valence-electron chi connectivity index (χ2n) is 24.8. The van der Waals surface area contributed by atoms with Crippen molar-refractivity contribution in [3.05, 3.63) is 146 Å². The van der Waals surface area contributed by atoms with Gasteiger partial charge in [0.2, 0.25) is 0 Å². The van der Waals surface area contributed by atoms with E-state index in [1.807, 2.05) is 21.1 Å². The summed E-state index contributed by atoms with van der Waals surface area (Å²) in [5.41, 5.74) is 0. The molecule has 0 aromatic heterocycles. The van der Waals surface area contributed by atoms with Crippen molar-refractivity contribution in [1.29, 1.82) is 0 Å². The lowest BCUT2D eigenvalue weighted by Gasteiger charge is -2.25. The molecule has 9 nitrogen and oxygen atoms in total. The SMILES string of the molecule is CC/C=C\C/C=C\C/C=C\C/C=C\C/C=C\C/C=C\C/C=C\C/C=C\C/C=C\C/C=C\CCCCCCCCCCCCC(=O)OC(COC(=O)CCCCCCCCCCCCC/C=C\C/C=C\CCCCCCC)COC(OCC[N+](C)(C)C)C(=O)O. The lowest BCUT2D eigenvalue weighted by atomic mass is 10.0. The van der Waals surface area contributed by atoms with Crippen LogP contribution in [0.4, 0.5) is 0 Å². The van der Waals surface area contributed by atoms with E-state index in [-0.39, 0.29) is 32.2 Å². The van der Waals surface area contributed by atoms with Gasteiger partial charge in [0.15, 0.2) is 6.10 Å². The first-order valence-corrected chi connectivity index (χ1v) is 36.0. The van der Waals surface area contributed by atoms with Gasteiger partial charge in [-0.2, -0.15) is 0 Å². The molecule has 0 fully saturated rings. The molecule has 89 heavy (non-hydrogen) atoms. The van der Waals surface area contributed by atoms with Crippen molar-refractivity contribution in [3.8, 4) is 0 Å². The molecule has 0 aliphatic carbocycles. The minimum Gasteiger partial charge on any atom is -0.477 e. The van der Waals surface area contributed by atoms with Crippen LogP contribution in [0.5, 0.6) is 0 Å². The average molecular weight is 1240 g/mol. The highest BCUT2D eigenvalue weighted by molar-refractivity contribution is 5.71. The number of rotatable bonds is 65. The van der Waals surface area contributed by atoms with Gasteiger partial charge in [0.25, 0.3) is 6.29 Å². The van der Waals surface area contributed by atoms with E-state index < -0.39 is 24.3 Å². The number of carboxylic acid groups (broad SMARTS) is 1. The van der Waals surface area contributed by atoms with Crippen molar-refractivity contribution in [2.45, 2.75) is 296 Å². The van der Waals surface area contributed by atoms with Gasteiger partial charge >= 0.3 is 17.9 Å². The van der Waals surface area contributed by atoms with Crippen molar-refractivity contribution in [2.24, 2.45) is 0 Å².